The van der Waals surface area contributed by atoms with Gasteiger partial charge in [-0.15, -0.1) is 0 Å². The number of aryl methyl sites for hydroxylation is 1. The molecule has 0 aliphatic heterocycles. The molecule has 0 bridgehead atoms. The smallest absolute Gasteiger partial charge is 0.323 e. The van der Waals surface area contributed by atoms with E-state index < -0.39 is 17.4 Å². The van der Waals surface area contributed by atoms with Crippen molar-refractivity contribution < 1.29 is 13.9 Å². The number of anilines is 3. The molecule has 184 valence electrons. The Kier molecular flexibility index (Phi) is 7.16. The van der Waals surface area contributed by atoms with Gasteiger partial charge in [0.25, 0.3) is 5.56 Å². The number of nitrogen functional groups attached to an aromatic ring is 1. The van der Waals surface area contributed by atoms with Crippen LogP contribution in [0.15, 0.2) is 65.7 Å². The average molecular weight is 509 g/mol. The molecule has 0 atom stereocenters. The molecule has 0 saturated heterocycles. The summed E-state index contributed by atoms with van der Waals surface area (Å²) in [5.74, 6) is 0.106. The van der Waals surface area contributed by atoms with Gasteiger partial charge in [-0.3, -0.25) is 9.78 Å². The Bertz CT molecular complexity index is 1490. The molecule has 9 nitrogen and oxygen atoms in total. The predicted octanol–water partition coefficient (Wildman–Crippen LogP) is 5.02. The number of urea groups is 1. The predicted molar refractivity (Wildman–Crippen MR) is 138 cm³/mol. The standard InChI is InChI=1S/C25H22ClFN6O3/c1-3-33-24(34)22(30-25(35)31-23-18(26)12-29-13-20(23)28)11-21(32-33)15-6-4-5-14(9-15)17-10-16(36-2)7-8-19(17)27/h4-13H,3,28H2,1-2H3,(H2,29,30,31,35). The SMILES string of the molecule is CCn1nc(-c2cccc(-c3cc(OC)ccc3F)c2)cc(NC(=O)Nc2c(N)cncc2Cl)c1=O. The van der Waals surface area contributed by atoms with E-state index in [-0.39, 0.29) is 28.6 Å². The number of hydrogen-bond donors (Lipinski definition) is 3. The molecule has 0 spiro atoms. The Hall–Kier alpha value is -4.44. The molecule has 4 aromatic rings. The summed E-state index contributed by atoms with van der Waals surface area (Å²) in [5, 5.41) is 9.61. The highest BCUT2D eigenvalue weighted by atomic mass is 35.5. The summed E-state index contributed by atoms with van der Waals surface area (Å²) in [7, 11) is 1.51. The molecule has 2 aromatic heterocycles. The number of amides is 2. The van der Waals surface area contributed by atoms with E-state index >= 15 is 0 Å². The minimum atomic E-state index is -0.723. The number of pyridine rings is 1. The first-order valence-corrected chi connectivity index (χ1v) is 11.2. The monoisotopic (exact) mass is 508 g/mol. The number of rotatable bonds is 6. The van der Waals surface area contributed by atoms with Crippen molar-refractivity contribution in [1.82, 2.24) is 14.8 Å². The van der Waals surface area contributed by atoms with Crippen molar-refractivity contribution in [3.05, 3.63) is 82.1 Å². The van der Waals surface area contributed by atoms with E-state index in [2.05, 4.69) is 20.7 Å². The summed E-state index contributed by atoms with van der Waals surface area (Å²) >= 11 is 6.06. The van der Waals surface area contributed by atoms with E-state index in [9.17, 15) is 14.0 Å². The molecule has 0 fully saturated rings. The largest absolute Gasteiger partial charge is 0.497 e. The molecule has 2 amide bonds. The number of nitrogens with one attached hydrogen (secondary N) is 2. The minimum absolute atomic E-state index is 0.0129. The molecule has 2 heterocycles. The molecule has 11 heteroatoms. The number of halogens is 2. The zero-order chi connectivity index (χ0) is 25.8. The van der Waals surface area contributed by atoms with Crippen LogP contribution in [-0.2, 0) is 6.54 Å². The Morgan fingerprint density at radius 2 is 1.92 bits per heavy atom. The van der Waals surface area contributed by atoms with Crippen molar-refractivity contribution in [3.63, 3.8) is 0 Å². The van der Waals surface area contributed by atoms with Crippen LogP contribution in [0.1, 0.15) is 6.92 Å². The van der Waals surface area contributed by atoms with E-state index in [4.69, 9.17) is 22.1 Å². The minimum Gasteiger partial charge on any atom is -0.497 e. The number of benzene rings is 2. The van der Waals surface area contributed by atoms with E-state index in [1.165, 1.54) is 42.4 Å². The van der Waals surface area contributed by atoms with Gasteiger partial charge in [-0.05, 0) is 42.8 Å². The lowest BCUT2D eigenvalue weighted by Gasteiger charge is -2.13. The molecule has 2 aromatic carbocycles. The van der Waals surface area contributed by atoms with Crippen LogP contribution in [0.5, 0.6) is 5.75 Å². The molecule has 0 unspecified atom stereocenters. The molecule has 0 radical (unpaired) electrons. The van der Waals surface area contributed by atoms with Crippen LogP contribution < -0.4 is 26.7 Å². The summed E-state index contributed by atoms with van der Waals surface area (Å²) in [6.07, 6.45) is 2.68. The molecule has 4 rings (SSSR count). The van der Waals surface area contributed by atoms with Crippen LogP contribution in [0.25, 0.3) is 22.4 Å². The third-order valence-corrected chi connectivity index (χ3v) is 5.62. The number of methoxy groups -OCH3 is 1. The number of ether oxygens (including phenoxy) is 1. The Morgan fingerprint density at radius 1 is 1.14 bits per heavy atom. The van der Waals surface area contributed by atoms with Gasteiger partial charge in [0.05, 0.1) is 35.4 Å². The molecule has 0 aliphatic rings. The zero-order valence-corrected chi connectivity index (χ0v) is 20.1. The summed E-state index contributed by atoms with van der Waals surface area (Å²) in [4.78, 5) is 29.3. The van der Waals surface area contributed by atoms with Crippen LogP contribution in [0, 0.1) is 5.82 Å². The van der Waals surface area contributed by atoms with Gasteiger partial charge in [0.1, 0.15) is 17.3 Å². The third-order valence-electron chi connectivity index (χ3n) is 5.33. The van der Waals surface area contributed by atoms with Crippen LogP contribution in [0.4, 0.5) is 26.2 Å². The summed E-state index contributed by atoms with van der Waals surface area (Å²) in [6, 6.07) is 12.2. The highest BCUT2D eigenvalue weighted by Gasteiger charge is 2.15. The quantitative estimate of drug-likeness (QED) is 0.336. The van der Waals surface area contributed by atoms with E-state index in [1.807, 2.05) is 0 Å². The van der Waals surface area contributed by atoms with Gasteiger partial charge in [0, 0.05) is 23.9 Å². The van der Waals surface area contributed by atoms with Crippen LogP contribution in [-0.4, -0.2) is 27.9 Å². The van der Waals surface area contributed by atoms with Crippen molar-refractivity contribution in [2.45, 2.75) is 13.5 Å². The molecular formula is C25H22ClFN6O3. The number of aromatic nitrogens is 3. The normalized spacial score (nSPS) is 10.7. The maximum Gasteiger partial charge on any atom is 0.323 e. The number of nitrogens with two attached hydrogens (primary N) is 1. The lowest BCUT2D eigenvalue weighted by atomic mass is 10.0. The number of hydrogen-bond acceptors (Lipinski definition) is 6. The second-order valence-electron chi connectivity index (χ2n) is 7.66. The van der Waals surface area contributed by atoms with E-state index in [0.29, 0.717) is 28.1 Å². The average Bonchev–Trinajstić information content (AvgIpc) is 2.88. The summed E-state index contributed by atoms with van der Waals surface area (Å²) in [5.41, 5.74) is 7.61. The summed E-state index contributed by atoms with van der Waals surface area (Å²) < 4.78 is 21.0. The third kappa shape index (κ3) is 5.13. The first kappa shape index (κ1) is 24.7. The van der Waals surface area contributed by atoms with Crippen molar-refractivity contribution >= 4 is 34.7 Å². The van der Waals surface area contributed by atoms with Gasteiger partial charge in [-0.25, -0.2) is 13.9 Å². The number of carbonyl (C=O) groups is 1. The van der Waals surface area contributed by atoms with Gasteiger partial charge in [0.15, 0.2) is 0 Å². The van der Waals surface area contributed by atoms with Gasteiger partial charge in [0.2, 0.25) is 0 Å². The van der Waals surface area contributed by atoms with Gasteiger partial charge < -0.3 is 21.1 Å². The fraction of sp³-hybridized carbons (Fsp3) is 0.120. The molecule has 0 saturated carbocycles. The number of carbonyl (C=O) groups excluding carboxylic acids is 1. The maximum atomic E-state index is 14.5. The topological polar surface area (TPSA) is 124 Å². The van der Waals surface area contributed by atoms with E-state index in [1.54, 1.807) is 37.3 Å². The first-order valence-electron chi connectivity index (χ1n) is 10.8. The van der Waals surface area contributed by atoms with Crippen molar-refractivity contribution in [2.24, 2.45) is 0 Å². The second kappa shape index (κ2) is 10.4. The van der Waals surface area contributed by atoms with Crippen molar-refractivity contribution in [2.75, 3.05) is 23.5 Å². The van der Waals surface area contributed by atoms with Gasteiger partial charge >= 0.3 is 6.03 Å². The lowest BCUT2D eigenvalue weighted by molar-refractivity contribution is 0.262. The lowest BCUT2D eigenvalue weighted by Crippen LogP contribution is -2.30. The summed E-state index contributed by atoms with van der Waals surface area (Å²) in [6.45, 7) is 2.01. The van der Waals surface area contributed by atoms with Gasteiger partial charge in [-0.1, -0.05) is 29.8 Å². The highest BCUT2D eigenvalue weighted by molar-refractivity contribution is 6.34. The van der Waals surface area contributed by atoms with Gasteiger partial charge in [-0.2, -0.15) is 5.10 Å². The highest BCUT2D eigenvalue weighted by Crippen LogP contribution is 2.30. The second-order valence-corrected chi connectivity index (χ2v) is 8.06. The Labute approximate surface area is 210 Å². The molecular weight excluding hydrogens is 487 g/mol. The zero-order valence-electron chi connectivity index (χ0n) is 19.4. The molecule has 36 heavy (non-hydrogen) atoms. The van der Waals surface area contributed by atoms with Crippen molar-refractivity contribution in [3.8, 4) is 28.1 Å². The Balaban J connectivity index is 1.70. The van der Waals surface area contributed by atoms with E-state index in [0.717, 1.165) is 0 Å². The first-order chi connectivity index (χ1) is 17.3. The van der Waals surface area contributed by atoms with Crippen LogP contribution in [0.3, 0.4) is 0 Å². The fourth-order valence-electron chi connectivity index (χ4n) is 3.53. The van der Waals surface area contributed by atoms with Crippen LogP contribution >= 0.6 is 11.6 Å². The Morgan fingerprint density at radius 3 is 2.64 bits per heavy atom. The molecule has 0 aliphatic carbocycles. The maximum absolute atomic E-state index is 14.5. The van der Waals surface area contributed by atoms with Crippen molar-refractivity contribution in [1.29, 1.82) is 0 Å². The fourth-order valence-corrected chi connectivity index (χ4v) is 3.75. The number of nitrogens with zero attached hydrogens (tertiary/aromatic N) is 3. The van der Waals surface area contributed by atoms with Crippen LogP contribution in [0.2, 0.25) is 5.02 Å². The molecule has 4 N–H and O–H groups in total.